The zero-order valence-corrected chi connectivity index (χ0v) is 17.3. The van der Waals surface area contributed by atoms with Gasteiger partial charge in [-0.2, -0.15) is 0 Å². The summed E-state index contributed by atoms with van der Waals surface area (Å²) in [5.41, 5.74) is 4.07. The van der Waals surface area contributed by atoms with Gasteiger partial charge in [0.1, 0.15) is 0 Å². The average Bonchev–Trinajstić information content (AvgIpc) is 2.81. The Hall–Kier alpha value is -2.42. The first-order chi connectivity index (χ1) is 14.3. The molecule has 0 radical (unpaired) electrons. The highest BCUT2D eigenvalue weighted by atomic mass is 16.5. The number of rotatable bonds is 7. The molecule has 150 valence electrons. The molecule has 1 heterocycles. The van der Waals surface area contributed by atoms with E-state index < -0.39 is 0 Å². The van der Waals surface area contributed by atoms with E-state index in [1.54, 1.807) is 0 Å². The second kappa shape index (κ2) is 9.87. The normalized spacial score (nSPS) is 17.7. The Morgan fingerprint density at radius 3 is 1.86 bits per heavy atom. The van der Waals surface area contributed by atoms with Crippen molar-refractivity contribution in [1.82, 2.24) is 4.90 Å². The van der Waals surface area contributed by atoms with Gasteiger partial charge in [-0.3, -0.25) is 4.90 Å². The van der Waals surface area contributed by atoms with Gasteiger partial charge in [-0.15, -0.1) is 0 Å². The van der Waals surface area contributed by atoms with Crippen molar-refractivity contribution in [2.75, 3.05) is 19.7 Å². The van der Waals surface area contributed by atoms with Crippen molar-refractivity contribution in [3.63, 3.8) is 0 Å². The smallest absolute Gasteiger partial charge is 0.0797 e. The minimum atomic E-state index is 0.101. The molecule has 1 aliphatic heterocycles. The zero-order valence-electron chi connectivity index (χ0n) is 17.3. The summed E-state index contributed by atoms with van der Waals surface area (Å²) in [5.74, 6) is 0.674. The highest BCUT2D eigenvalue weighted by molar-refractivity contribution is 5.22. The second-order valence-electron chi connectivity index (χ2n) is 8.03. The number of hydrogen-bond donors (Lipinski definition) is 0. The van der Waals surface area contributed by atoms with Crippen LogP contribution < -0.4 is 0 Å². The van der Waals surface area contributed by atoms with E-state index in [0.29, 0.717) is 12.0 Å². The summed E-state index contributed by atoms with van der Waals surface area (Å²) in [6.45, 7) is 5.10. The molecule has 2 heteroatoms. The van der Waals surface area contributed by atoms with E-state index >= 15 is 0 Å². The molecule has 1 unspecified atom stereocenters. The molecule has 1 aliphatic rings. The van der Waals surface area contributed by atoms with Crippen LogP contribution in [0.3, 0.4) is 0 Å². The predicted molar refractivity (Wildman–Crippen MR) is 120 cm³/mol. The Morgan fingerprint density at radius 2 is 1.28 bits per heavy atom. The molecule has 0 amide bonds. The summed E-state index contributed by atoms with van der Waals surface area (Å²) in [6, 6.07) is 32.6. The fourth-order valence-electron chi connectivity index (χ4n) is 4.41. The van der Waals surface area contributed by atoms with Crippen molar-refractivity contribution in [2.24, 2.45) is 0 Å². The number of ether oxygens (including phenoxy) is 1. The van der Waals surface area contributed by atoms with E-state index in [4.69, 9.17) is 4.74 Å². The van der Waals surface area contributed by atoms with Crippen LogP contribution in [0.15, 0.2) is 91.0 Å². The summed E-state index contributed by atoms with van der Waals surface area (Å²) >= 11 is 0. The molecule has 0 aromatic heterocycles. The van der Waals surface area contributed by atoms with Crippen LogP contribution in [0.4, 0.5) is 0 Å². The van der Waals surface area contributed by atoms with Gasteiger partial charge >= 0.3 is 0 Å². The van der Waals surface area contributed by atoms with Crippen LogP contribution >= 0.6 is 0 Å². The number of nitrogens with zero attached hydrogens (tertiary/aromatic N) is 1. The van der Waals surface area contributed by atoms with Crippen LogP contribution in [0.2, 0.25) is 0 Å². The Morgan fingerprint density at radius 1 is 0.759 bits per heavy atom. The first kappa shape index (κ1) is 19.9. The summed E-state index contributed by atoms with van der Waals surface area (Å²) < 4.78 is 6.37. The third-order valence-corrected chi connectivity index (χ3v) is 6.20. The predicted octanol–water partition coefficient (Wildman–Crippen LogP) is 6.39. The van der Waals surface area contributed by atoms with Crippen LogP contribution in [-0.2, 0) is 4.74 Å². The first-order valence-corrected chi connectivity index (χ1v) is 10.8. The molecule has 3 aromatic carbocycles. The molecule has 2 nitrogen and oxygen atoms in total. The molecule has 0 bridgehead atoms. The van der Waals surface area contributed by atoms with Gasteiger partial charge in [-0.1, -0.05) is 91.0 Å². The third kappa shape index (κ3) is 5.14. The van der Waals surface area contributed by atoms with Crippen LogP contribution in [0.1, 0.15) is 54.5 Å². The molecular weight excluding hydrogens is 354 g/mol. The van der Waals surface area contributed by atoms with Crippen molar-refractivity contribution in [3.05, 3.63) is 108 Å². The molecule has 2 atom stereocenters. The fourth-order valence-corrected chi connectivity index (χ4v) is 4.41. The molecule has 0 aliphatic carbocycles. The van der Waals surface area contributed by atoms with Crippen LogP contribution in [-0.4, -0.2) is 24.6 Å². The maximum atomic E-state index is 6.37. The quantitative estimate of drug-likeness (QED) is 0.467. The lowest BCUT2D eigenvalue weighted by Crippen LogP contribution is -2.38. The summed E-state index contributed by atoms with van der Waals surface area (Å²) in [4.78, 5) is 2.62. The van der Waals surface area contributed by atoms with Gasteiger partial charge in [-0.25, -0.2) is 0 Å². The molecule has 0 N–H and O–H groups in total. The van der Waals surface area contributed by atoms with E-state index in [1.165, 1.54) is 29.5 Å². The van der Waals surface area contributed by atoms with Crippen molar-refractivity contribution in [2.45, 2.75) is 37.8 Å². The van der Waals surface area contributed by atoms with E-state index in [0.717, 1.165) is 19.7 Å². The van der Waals surface area contributed by atoms with Gasteiger partial charge in [0, 0.05) is 0 Å². The van der Waals surface area contributed by atoms with Crippen LogP contribution in [0.25, 0.3) is 0 Å². The van der Waals surface area contributed by atoms with Gasteiger partial charge in [0.2, 0.25) is 0 Å². The van der Waals surface area contributed by atoms with E-state index in [2.05, 4.69) is 103 Å². The Labute approximate surface area is 175 Å². The highest BCUT2D eigenvalue weighted by Gasteiger charge is 2.27. The largest absolute Gasteiger partial charge is 0.372 e. The topological polar surface area (TPSA) is 12.5 Å². The van der Waals surface area contributed by atoms with Crippen molar-refractivity contribution in [1.29, 1.82) is 0 Å². The Kier molecular flexibility index (Phi) is 6.76. The molecular formula is C27H31NO. The number of piperidine rings is 1. The molecule has 1 saturated heterocycles. The maximum Gasteiger partial charge on any atom is 0.0797 e. The van der Waals surface area contributed by atoms with Gasteiger partial charge in [-0.05, 0) is 55.5 Å². The molecule has 3 aromatic rings. The number of likely N-dealkylation sites (tertiary alicyclic amines) is 1. The van der Waals surface area contributed by atoms with Crippen molar-refractivity contribution < 1.29 is 4.74 Å². The summed E-state index contributed by atoms with van der Waals surface area (Å²) in [6.07, 6.45) is 2.52. The lowest BCUT2D eigenvalue weighted by Gasteiger charge is -2.38. The van der Waals surface area contributed by atoms with E-state index in [9.17, 15) is 0 Å². The first-order valence-electron chi connectivity index (χ1n) is 10.8. The molecule has 0 spiro atoms. The summed E-state index contributed by atoms with van der Waals surface area (Å²) in [5, 5.41) is 0. The molecule has 4 rings (SSSR count). The van der Waals surface area contributed by atoms with Crippen molar-refractivity contribution >= 4 is 0 Å². The molecule has 1 fully saturated rings. The lowest BCUT2D eigenvalue weighted by molar-refractivity contribution is 0.00759. The van der Waals surface area contributed by atoms with Crippen molar-refractivity contribution in [3.8, 4) is 0 Å². The minimum absolute atomic E-state index is 0.101. The van der Waals surface area contributed by atoms with Gasteiger partial charge in [0.05, 0.1) is 18.8 Å². The number of benzene rings is 3. The fraction of sp³-hybridized carbons (Fsp3) is 0.333. The highest BCUT2D eigenvalue weighted by Crippen LogP contribution is 2.33. The van der Waals surface area contributed by atoms with E-state index in [1.807, 2.05) is 0 Å². The number of hydrogen-bond acceptors (Lipinski definition) is 2. The second-order valence-corrected chi connectivity index (χ2v) is 8.03. The monoisotopic (exact) mass is 385 g/mol. The molecule has 0 saturated carbocycles. The molecule has 29 heavy (non-hydrogen) atoms. The van der Waals surface area contributed by atoms with E-state index in [-0.39, 0.29) is 6.10 Å². The minimum Gasteiger partial charge on any atom is -0.372 e. The van der Waals surface area contributed by atoms with Gasteiger partial charge in [0.15, 0.2) is 0 Å². The van der Waals surface area contributed by atoms with Crippen LogP contribution in [0.5, 0.6) is 0 Å². The zero-order chi connectivity index (χ0) is 19.9. The van der Waals surface area contributed by atoms with Gasteiger partial charge in [0.25, 0.3) is 0 Å². The average molecular weight is 386 g/mol. The SMILES string of the molecule is C[C@H](OCC(c1ccccc1)N1CCC(c2ccccc2)CC1)c1ccccc1. The maximum absolute atomic E-state index is 6.37. The lowest BCUT2D eigenvalue weighted by atomic mass is 9.88. The Bertz CT molecular complexity index is 841. The Balaban J connectivity index is 1.43. The third-order valence-electron chi connectivity index (χ3n) is 6.20. The van der Waals surface area contributed by atoms with Crippen LogP contribution in [0, 0.1) is 0 Å². The standard InChI is InChI=1S/C27H31NO/c1-22(23-11-5-2-6-12-23)29-21-27(26-15-9-4-10-16-26)28-19-17-25(18-20-28)24-13-7-3-8-14-24/h2-16,22,25,27H,17-21H2,1H3/t22-,27?/m0/s1. The van der Waals surface area contributed by atoms with Gasteiger partial charge < -0.3 is 4.74 Å². The summed E-state index contributed by atoms with van der Waals surface area (Å²) in [7, 11) is 0.